The minimum absolute atomic E-state index is 0.0549. The Morgan fingerprint density at radius 3 is 3.00 bits per heavy atom. The number of carbonyl (C=O) groups excluding carboxylic acids is 1. The maximum Gasteiger partial charge on any atom is 0.223 e. The molecule has 1 aliphatic heterocycles. The Bertz CT molecular complexity index is 505. The van der Waals surface area contributed by atoms with Gasteiger partial charge in [0.2, 0.25) is 5.91 Å². The number of nitrogens with one attached hydrogen (secondary N) is 1. The summed E-state index contributed by atoms with van der Waals surface area (Å²) in [6.45, 7) is 4.69. The van der Waals surface area contributed by atoms with Crippen LogP contribution in [0.25, 0.3) is 0 Å². The Morgan fingerprint density at radius 2 is 2.30 bits per heavy atom. The predicted molar refractivity (Wildman–Crippen MR) is 76.0 cm³/mol. The van der Waals surface area contributed by atoms with Crippen molar-refractivity contribution < 1.29 is 13.9 Å². The molecule has 110 valence electrons. The lowest BCUT2D eigenvalue weighted by molar-refractivity contribution is -0.135. The van der Waals surface area contributed by atoms with E-state index in [1.165, 1.54) is 6.07 Å². The molecular weight excluding hydrogens is 281 g/mol. The van der Waals surface area contributed by atoms with E-state index >= 15 is 0 Å². The molecule has 0 aliphatic carbocycles. The first-order valence-corrected chi connectivity index (χ1v) is 7.11. The maximum atomic E-state index is 13.7. The first-order valence-electron chi connectivity index (χ1n) is 6.73. The third-order valence-corrected chi connectivity index (χ3v) is 3.84. The van der Waals surface area contributed by atoms with Crippen LogP contribution >= 0.6 is 11.6 Å². The van der Waals surface area contributed by atoms with E-state index in [0.29, 0.717) is 25.0 Å². The summed E-state index contributed by atoms with van der Waals surface area (Å²) in [4.78, 5) is 12.1. The third kappa shape index (κ3) is 3.70. The molecule has 1 heterocycles. The normalized spacial score (nSPS) is 21.5. The summed E-state index contributed by atoms with van der Waals surface area (Å²) in [6.07, 6.45) is 1.38. The van der Waals surface area contributed by atoms with Gasteiger partial charge in [0, 0.05) is 24.6 Å². The number of halogens is 2. The third-order valence-electron chi connectivity index (χ3n) is 3.55. The molecule has 1 aromatic carbocycles. The van der Waals surface area contributed by atoms with E-state index in [9.17, 15) is 9.18 Å². The highest BCUT2D eigenvalue weighted by atomic mass is 35.5. The van der Waals surface area contributed by atoms with Crippen molar-refractivity contribution in [1.82, 2.24) is 5.32 Å². The van der Waals surface area contributed by atoms with Crippen LogP contribution in [-0.2, 0) is 16.1 Å². The van der Waals surface area contributed by atoms with Gasteiger partial charge in [-0.15, -0.1) is 0 Å². The molecule has 1 amide bonds. The number of amides is 1. The molecule has 1 aromatic rings. The van der Waals surface area contributed by atoms with Gasteiger partial charge in [0.25, 0.3) is 0 Å². The molecule has 20 heavy (non-hydrogen) atoms. The monoisotopic (exact) mass is 299 g/mol. The van der Waals surface area contributed by atoms with E-state index in [1.54, 1.807) is 12.1 Å². The largest absolute Gasteiger partial charge is 0.376 e. The SMILES string of the molecule is CC1(C)C[C@@H](C(=O)NCc2cccc(Cl)c2F)CCO1. The molecule has 0 spiro atoms. The van der Waals surface area contributed by atoms with Crippen LogP contribution in [0.15, 0.2) is 18.2 Å². The van der Waals surface area contributed by atoms with Crippen molar-refractivity contribution in [1.29, 1.82) is 0 Å². The van der Waals surface area contributed by atoms with Crippen LogP contribution in [0.3, 0.4) is 0 Å². The molecule has 3 nitrogen and oxygen atoms in total. The van der Waals surface area contributed by atoms with Gasteiger partial charge in [0.15, 0.2) is 0 Å². The molecule has 0 unspecified atom stereocenters. The Balaban J connectivity index is 1.94. The lowest BCUT2D eigenvalue weighted by Gasteiger charge is -2.34. The lowest BCUT2D eigenvalue weighted by atomic mass is 9.88. The van der Waals surface area contributed by atoms with Crippen molar-refractivity contribution in [3.8, 4) is 0 Å². The highest BCUT2D eigenvalue weighted by Gasteiger charge is 2.32. The van der Waals surface area contributed by atoms with Crippen LogP contribution in [0.2, 0.25) is 5.02 Å². The molecule has 0 saturated carbocycles. The Labute approximate surface area is 123 Å². The van der Waals surface area contributed by atoms with E-state index in [0.717, 1.165) is 0 Å². The minimum Gasteiger partial charge on any atom is -0.376 e. The van der Waals surface area contributed by atoms with E-state index in [2.05, 4.69) is 5.32 Å². The van der Waals surface area contributed by atoms with Gasteiger partial charge in [-0.25, -0.2) is 4.39 Å². The average Bonchev–Trinajstić information content (AvgIpc) is 2.39. The molecule has 1 fully saturated rings. The molecule has 1 N–H and O–H groups in total. The zero-order valence-electron chi connectivity index (χ0n) is 11.7. The fourth-order valence-electron chi connectivity index (χ4n) is 2.47. The number of ether oxygens (including phenoxy) is 1. The summed E-state index contributed by atoms with van der Waals surface area (Å²) in [7, 11) is 0. The summed E-state index contributed by atoms with van der Waals surface area (Å²) < 4.78 is 19.3. The highest BCUT2D eigenvalue weighted by Crippen LogP contribution is 2.28. The molecule has 5 heteroatoms. The van der Waals surface area contributed by atoms with Crippen LogP contribution in [-0.4, -0.2) is 18.1 Å². The standard InChI is InChI=1S/C15H19ClFNO2/c1-15(2)8-10(6-7-20-15)14(19)18-9-11-4-3-5-12(16)13(11)17/h3-5,10H,6-9H2,1-2H3,(H,18,19)/t10-/m0/s1. The number of hydrogen-bond donors (Lipinski definition) is 1. The van der Waals surface area contributed by atoms with Crippen LogP contribution in [0, 0.1) is 11.7 Å². The van der Waals surface area contributed by atoms with Gasteiger partial charge in [-0.2, -0.15) is 0 Å². The van der Waals surface area contributed by atoms with Gasteiger partial charge in [-0.05, 0) is 32.8 Å². The van der Waals surface area contributed by atoms with Gasteiger partial charge in [0.05, 0.1) is 10.6 Å². The van der Waals surface area contributed by atoms with Gasteiger partial charge in [0.1, 0.15) is 5.82 Å². The first-order chi connectivity index (χ1) is 9.39. The summed E-state index contributed by atoms with van der Waals surface area (Å²) in [5, 5.41) is 2.85. The highest BCUT2D eigenvalue weighted by molar-refractivity contribution is 6.30. The Kier molecular flexibility index (Phi) is 4.66. The Hall–Kier alpha value is -1.13. The van der Waals surface area contributed by atoms with E-state index in [1.807, 2.05) is 13.8 Å². The minimum atomic E-state index is -0.471. The Morgan fingerprint density at radius 1 is 1.55 bits per heavy atom. The van der Waals surface area contributed by atoms with Gasteiger partial charge < -0.3 is 10.1 Å². The second-order valence-electron chi connectivity index (χ2n) is 5.73. The quantitative estimate of drug-likeness (QED) is 0.930. The fraction of sp³-hybridized carbons (Fsp3) is 0.533. The first kappa shape index (κ1) is 15.3. The fourth-order valence-corrected chi connectivity index (χ4v) is 2.66. The van der Waals surface area contributed by atoms with Crippen LogP contribution in [0.1, 0.15) is 32.3 Å². The molecule has 1 saturated heterocycles. The van der Waals surface area contributed by atoms with Crippen LogP contribution in [0.4, 0.5) is 4.39 Å². The zero-order valence-corrected chi connectivity index (χ0v) is 12.5. The molecule has 0 radical (unpaired) electrons. The van der Waals surface area contributed by atoms with Crippen molar-refractivity contribution in [2.75, 3.05) is 6.61 Å². The van der Waals surface area contributed by atoms with E-state index in [-0.39, 0.29) is 29.0 Å². The molecule has 0 aromatic heterocycles. The lowest BCUT2D eigenvalue weighted by Crippen LogP contribution is -2.41. The number of benzene rings is 1. The van der Waals surface area contributed by atoms with Gasteiger partial charge in [-0.1, -0.05) is 23.7 Å². The molecule has 1 atom stereocenters. The van der Waals surface area contributed by atoms with Crippen LogP contribution in [0.5, 0.6) is 0 Å². The number of rotatable bonds is 3. The topological polar surface area (TPSA) is 38.3 Å². The van der Waals surface area contributed by atoms with Crippen LogP contribution < -0.4 is 5.32 Å². The van der Waals surface area contributed by atoms with E-state index in [4.69, 9.17) is 16.3 Å². The summed E-state index contributed by atoms with van der Waals surface area (Å²) >= 11 is 5.71. The molecule has 0 bridgehead atoms. The second kappa shape index (κ2) is 6.10. The van der Waals surface area contributed by atoms with Crippen molar-refractivity contribution in [2.45, 2.75) is 38.8 Å². The smallest absolute Gasteiger partial charge is 0.223 e. The second-order valence-corrected chi connectivity index (χ2v) is 6.14. The van der Waals surface area contributed by atoms with Crippen molar-refractivity contribution in [2.24, 2.45) is 5.92 Å². The predicted octanol–water partition coefficient (Wildman–Crippen LogP) is 3.30. The maximum absolute atomic E-state index is 13.7. The number of carbonyl (C=O) groups is 1. The van der Waals surface area contributed by atoms with E-state index < -0.39 is 5.82 Å². The summed E-state index contributed by atoms with van der Waals surface area (Å²) in [5.41, 5.74) is 0.124. The molecule has 1 aliphatic rings. The average molecular weight is 300 g/mol. The molecule has 2 rings (SSSR count). The van der Waals surface area contributed by atoms with Crippen molar-refractivity contribution in [3.63, 3.8) is 0 Å². The van der Waals surface area contributed by atoms with Gasteiger partial charge in [-0.3, -0.25) is 4.79 Å². The molecular formula is C15H19ClFNO2. The number of hydrogen-bond acceptors (Lipinski definition) is 2. The van der Waals surface area contributed by atoms with Crippen molar-refractivity contribution in [3.05, 3.63) is 34.6 Å². The van der Waals surface area contributed by atoms with Gasteiger partial charge >= 0.3 is 0 Å². The van der Waals surface area contributed by atoms with Crippen molar-refractivity contribution >= 4 is 17.5 Å². The summed E-state index contributed by atoms with van der Waals surface area (Å²) in [5.74, 6) is -0.608. The zero-order chi connectivity index (χ0) is 14.8. The summed E-state index contributed by atoms with van der Waals surface area (Å²) in [6, 6.07) is 4.78.